The Labute approximate surface area is 128 Å². The number of nitrogens with two attached hydrogens (primary N) is 1. The average molecular weight is 287 g/mol. The highest BCUT2D eigenvalue weighted by Crippen LogP contribution is 2.39. The molecule has 2 N–H and O–H groups in total. The minimum Gasteiger partial charge on any atom is -0.353 e. The van der Waals surface area contributed by atoms with Crippen LogP contribution in [0.5, 0.6) is 0 Å². The van der Waals surface area contributed by atoms with Crippen molar-refractivity contribution in [3.05, 3.63) is 23.4 Å². The van der Waals surface area contributed by atoms with Gasteiger partial charge < -0.3 is 10.6 Å². The molecule has 3 unspecified atom stereocenters. The van der Waals surface area contributed by atoms with Gasteiger partial charge in [-0.25, -0.2) is 4.98 Å². The fraction of sp³-hybridized carbons (Fsp3) is 0.722. The summed E-state index contributed by atoms with van der Waals surface area (Å²) in [7, 11) is 0. The van der Waals surface area contributed by atoms with E-state index in [1.807, 2.05) is 0 Å². The second-order valence-electron chi connectivity index (χ2n) is 6.95. The van der Waals surface area contributed by atoms with Crippen molar-refractivity contribution in [1.29, 1.82) is 0 Å². The van der Waals surface area contributed by atoms with Crippen LogP contribution >= 0.6 is 0 Å². The number of nitrogens with zero attached hydrogens (tertiary/aromatic N) is 2. The molecule has 0 spiro atoms. The van der Waals surface area contributed by atoms with Gasteiger partial charge in [0.15, 0.2) is 0 Å². The lowest BCUT2D eigenvalue weighted by Crippen LogP contribution is -2.43. The Hall–Kier alpha value is -1.09. The van der Waals surface area contributed by atoms with E-state index in [0.717, 1.165) is 24.8 Å². The van der Waals surface area contributed by atoms with Gasteiger partial charge in [0.05, 0.1) is 0 Å². The van der Waals surface area contributed by atoms with Crippen molar-refractivity contribution in [2.75, 3.05) is 11.4 Å². The third-order valence-corrected chi connectivity index (χ3v) is 5.39. The summed E-state index contributed by atoms with van der Waals surface area (Å²) in [5.74, 6) is 2.13. The Morgan fingerprint density at radius 2 is 2.14 bits per heavy atom. The van der Waals surface area contributed by atoms with Gasteiger partial charge in [0.25, 0.3) is 0 Å². The Morgan fingerprint density at radius 3 is 2.90 bits per heavy atom. The van der Waals surface area contributed by atoms with Crippen molar-refractivity contribution in [2.45, 2.75) is 70.9 Å². The van der Waals surface area contributed by atoms with Gasteiger partial charge in [-0.15, -0.1) is 0 Å². The van der Waals surface area contributed by atoms with Gasteiger partial charge in [-0.05, 0) is 62.5 Å². The number of aromatic nitrogens is 1. The first kappa shape index (κ1) is 14.8. The monoisotopic (exact) mass is 287 g/mol. The van der Waals surface area contributed by atoms with Gasteiger partial charge in [0.1, 0.15) is 5.82 Å². The lowest BCUT2D eigenvalue weighted by atomic mass is 9.91. The van der Waals surface area contributed by atoms with Crippen molar-refractivity contribution >= 4 is 5.82 Å². The molecule has 1 saturated carbocycles. The Kier molecular flexibility index (Phi) is 4.48. The molecule has 2 heterocycles. The van der Waals surface area contributed by atoms with Crippen LogP contribution in [0.25, 0.3) is 0 Å². The number of aryl methyl sites for hydroxylation is 1. The van der Waals surface area contributed by atoms with Crippen molar-refractivity contribution < 1.29 is 0 Å². The van der Waals surface area contributed by atoms with E-state index in [1.165, 1.54) is 55.6 Å². The third-order valence-electron chi connectivity index (χ3n) is 5.39. The van der Waals surface area contributed by atoms with E-state index >= 15 is 0 Å². The van der Waals surface area contributed by atoms with Gasteiger partial charge in [-0.1, -0.05) is 19.4 Å². The third kappa shape index (κ3) is 3.08. The number of pyridine rings is 1. The van der Waals surface area contributed by atoms with E-state index in [4.69, 9.17) is 10.7 Å². The lowest BCUT2D eigenvalue weighted by Gasteiger charge is -2.39. The maximum Gasteiger partial charge on any atom is 0.131 e. The van der Waals surface area contributed by atoms with E-state index in [2.05, 4.69) is 31.0 Å². The van der Waals surface area contributed by atoms with Gasteiger partial charge in [-0.2, -0.15) is 0 Å². The van der Waals surface area contributed by atoms with Gasteiger partial charge in [0.2, 0.25) is 0 Å². The number of rotatable bonds is 4. The molecule has 3 rings (SSSR count). The van der Waals surface area contributed by atoms with Gasteiger partial charge >= 0.3 is 0 Å². The van der Waals surface area contributed by atoms with E-state index in [0.29, 0.717) is 0 Å². The molecular weight excluding hydrogens is 258 g/mol. The topological polar surface area (TPSA) is 42.1 Å². The van der Waals surface area contributed by atoms with E-state index in [-0.39, 0.29) is 6.04 Å². The van der Waals surface area contributed by atoms with Crippen molar-refractivity contribution in [2.24, 2.45) is 11.7 Å². The first-order valence-electron chi connectivity index (χ1n) is 8.66. The molecule has 1 aliphatic heterocycles. The highest BCUT2D eigenvalue weighted by atomic mass is 15.2. The smallest absolute Gasteiger partial charge is 0.131 e. The molecule has 3 nitrogen and oxygen atoms in total. The summed E-state index contributed by atoms with van der Waals surface area (Å²) in [6.07, 6.45) is 10.9. The maximum absolute atomic E-state index is 6.07. The molecule has 0 aromatic carbocycles. The zero-order valence-corrected chi connectivity index (χ0v) is 13.5. The highest BCUT2D eigenvalue weighted by molar-refractivity contribution is 5.49. The number of anilines is 1. The molecule has 1 aliphatic carbocycles. The summed E-state index contributed by atoms with van der Waals surface area (Å²) in [6.45, 7) is 5.54. The van der Waals surface area contributed by atoms with Crippen LogP contribution in [0.15, 0.2) is 12.3 Å². The second kappa shape index (κ2) is 6.35. The molecule has 1 aromatic heterocycles. The Morgan fingerprint density at radius 1 is 1.33 bits per heavy atom. The molecular formula is C18H29N3. The standard InChI is InChI=1S/C18H29N3/c1-3-16(19)11-14-10-13(2)18(20-12-14)21-9-5-7-15-6-4-8-17(15)21/h10,12,15-17H,3-9,11,19H2,1-2H3. The molecule has 2 aliphatic rings. The molecule has 3 heteroatoms. The van der Waals surface area contributed by atoms with Crippen LogP contribution in [-0.4, -0.2) is 23.6 Å². The number of fused-ring (bicyclic) bond motifs is 1. The SMILES string of the molecule is CCC(N)Cc1cnc(N2CCCC3CCCC32)c(C)c1. The molecule has 3 atom stereocenters. The van der Waals surface area contributed by atoms with Crippen LogP contribution in [0.2, 0.25) is 0 Å². The summed E-state index contributed by atoms with van der Waals surface area (Å²) in [4.78, 5) is 7.42. The van der Waals surface area contributed by atoms with Crippen LogP contribution in [0.1, 0.15) is 56.6 Å². The van der Waals surface area contributed by atoms with Gasteiger partial charge in [-0.3, -0.25) is 0 Å². The molecule has 0 radical (unpaired) electrons. The normalized spacial score (nSPS) is 26.7. The predicted octanol–water partition coefficient (Wildman–Crippen LogP) is 3.44. The predicted molar refractivity (Wildman–Crippen MR) is 88.7 cm³/mol. The molecule has 2 fully saturated rings. The summed E-state index contributed by atoms with van der Waals surface area (Å²) in [5, 5.41) is 0. The summed E-state index contributed by atoms with van der Waals surface area (Å²) in [6, 6.07) is 3.30. The molecule has 0 amide bonds. The second-order valence-corrected chi connectivity index (χ2v) is 6.95. The van der Waals surface area contributed by atoms with E-state index in [9.17, 15) is 0 Å². The molecule has 116 valence electrons. The van der Waals surface area contributed by atoms with Crippen molar-refractivity contribution in [3.8, 4) is 0 Å². The fourth-order valence-corrected chi connectivity index (χ4v) is 4.20. The van der Waals surface area contributed by atoms with Crippen LogP contribution in [0.3, 0.4) is 0 Å². The van der Waals surface area contributed by atoms with Crippen LogP contribution in [0.4, 0.5) is 5.82 Å². The first-order valence-corrected chi connectivity index (χ1v) is 8.66. The van der Waals surface area contributed by atoms with Crippen molar-refractivity contribution in [1.82, 2.24) is 4.98 Å². The van der Waals surface area contributed by atoms with Crippen molar-refractivity contribution in [3.63, 3.8) is 0 Å². The Bertz CT molecular complexity index is 485. The summed E-state index contributed by atoms with van der Waals surface area (Å²) in [5.41, 5.74) is 8.67. The van der Waals surface area contributed by atoms with Crippen LogP contribution < -0.4 is 10.6 Å². The molecule has 1 saturated heterocycles. The molecule has 0 bridgehead atoms. The summed E-state index contributed by atoms with van der Waals surface area (Å²) >= 11 is 0. The highest BCUT2D eigenvalue weighted by Gasteiger charge is 2.35. The van der Waals surface area contributed by atoms with Crippen LogP contribution in [0, 0.1) is 12.8 Å². The Balaban J connectivity index is 1.78. The minimum absolute atomic E-state index is 0.256. The number of hydrogen-bond acceptors (Lipinski definition) is 3. The number of hydrogen-bond donors (Lipinski definition) is 1. The van der Waals surface area contributed by atoms with E-state index < -0.39 is 0 Å². The van der Waals surface area contributed by atoms with Crippen LogP contribution in [-0.2, 0) is 6.42 Å². The number of piperidine rings is 1. The minimum atomic E-state index is 0.256. The zero-order valence-electron chi connectivity index (χ0n) is 13.5. The molecule has 1 aromatic rings. The quantitative estimate of drug-likeness (QED) is 0.922. The van der Waals surface area contributed by atoms with E-state index in [1.54, 1.807) is 0 Å². The first-order chi connectivity index (χ1) is 10.2. The van der Waals surface area contributed by atoms with Gasteiger partial charge in [0, 0.05) is 24.8 Å². The largest absolute Gasteiger partial charge is 0.353 e. The average Bonchev–Trinajstić information content (AvgIpc) is 2.96. The maximum atomic E-state index is 6.07. The lowest BCUT2D eigenvalue weighted by molar-refractivity contribution is 0.360. The zero-order chi connectivity index (χ0) is 14.8. The molecule has 21 heavy (non-hydrogen) atoms. The fourth-order valence-electron chi connectivity index (χ4n) is 4.20. The summed E-state index contributed by atoms with van der Waals surface area (Å²) < 4.78 is 0.